The fraction of sp³-hybridized carbons (Fsp3) is 0.640. The van der Waals surface area contributed by atoms with Gasteiger partial charge in [0.1, 0.15) is 0 Å². The van der Waals surface area contributed by atoms with Gasteiger partial charge in [-0.3, -0.25) is 0 Å². The summed E-state index contributed by atoms with van der Waals surface area (Å²) >= 11 is 0. The molecule has 0 aromatic heterocycles. The van der Waals surface area contributed by atoms with Crippen molar-refractivity contribution in [2.45, 2.75) is 58.5 Å². The van der Waals surface area contributed by atoms with Gasteiger partial charge in [-0.1, -0.05) is 11.8 Å². The van der Waals surface area contributed by atoms with Gasteiger partial charge in [-0.2, -0.15) is 0 Å². The zero-order valence-corrected chi connectivity index (χ0v) is 19.4. The molecule has 0 N–H and O–H groups in total. The van der Waals surface area contributed by atoms with Crippen molar-refractivity contribution >= 4 is 11.7 Å². The molecule has 0 unspecified atom stereocenters. The molecular weight excluding hydrogens is 376 g/mol. The van der Waals surface area contributed by atoms with E-state index in [1.54, 1.807) is 0 Å². The number of hydrogen-bond acceptors (Lipinski definition) is 5. The van der Waals surface area contributed by atoms with Gasteiger partial charge in [0.15, 0.2) is 0 Å². The van der Waals surface area contributed by atoms with Crippen LogP contribution in [0.15, 0.2) is 12.1 Å². The molecule has 5 heteroatoms. The van der Waals surface area contributed by atoms with Gasteiger partial charge in [0.2, 0.25) is 0 Å². The summed E-state index contributed by atoms with van der Waals surface area (Å²) in [5.41, 5.74) is 3.46. The van der Waals surface area contributed by atoms with E-state index in [1.807, 2.05) is 13.0 Å². The highest BCUT2D eigenvalue weighted by molar-refractivity contribution is 5.93. The van der Waals surface area contributed by atoms with Gasteiger partial charge >= 0.3 is 5.97 Å². The Morgan fingerprint density at radius 3 is 2.33 bits per heavy atom. The highest BCUT2D eigenvalue weighted by atomic mass is 16.5. The van der Waals surface area contributed by atoms with Crippen LogP contribution in [0.5, 0.6) is 0 Å². The highest BCUT2D eigenvalue weighted by Gasteiger charge is 2.31. The largest absolute Gasteiger partial charge is 0.465 e. The predicted molar refractivity (Wildman–Crippen MR) is 121 cm³/mol. The van der Waals surface area contributed by atoms with Crippen molar-refractivity contribution in [1.82, 2.24) is 4.90 Å². The fourth-order valence-corrected chi connectivity index (χ4v) is 4.61. The van der Waals surface area contributed by atoms with E-state index in [1.165, 1.54) is 20.0 Å². The third-order valence-corrected chi connectivity index (χ3v) is 6.62. The van der Waals surface area contributed by atoms with E-state index < -0.39 is 0 Å². The molecule has 5 nitrogen and oxygen atoms in total. The Morgan fingerprint density at radius 1 is 1.20 bits per heavy atom. The van der Waals surface area contributed by atoms with E-state index in [2.05, 4.69) is 55.6 Å². The van der Waals surface area contributed by atoms with E-state index in [0.717, 1.165) is 36.2 Å². The van der Waals surface area contributed by atoms with Gasteiger partial charge in [0.05, 0.1) is 31.3 Å². The van der Waals surface area contributed by atoms with Crippen molar-refractivity contribution in [3.8, 4) is 11.8 Å². The van der Waals surface area contributed by atoms with Crippen molar-refractivity contribution in [2.75, 3.05) is 45.9 Å². The van der Waals surface area contributed by atoms with Crippen molar-refractivity contribution in [3.63, 3.8) is 0 Å². The summed E-state index contributed by atoms with van der Waals surface area (Å²) in [5.74, 6) is 6.35. The molecule has 164 valence electrons. The Morgan fingerprint density at radius 2 is 1.83 bits per heavy atom. The summed E-state index contributed by atoms with van der Waals surface area (Å²) in [5, 5.41) is 0. The number of carbonyl (C=O) groups excluding carboxylic acids is 1. The van der Waals surface area contributed by atoms with Crippen molar-refractivity contribution in [1.29, 1.82) is 0 Å². The van der Waals surface area contributed by atoms with Crippen LogP contribution in [0.3, 0.4) is 0 Å². The number of carbonyl (C=O) groups is 1. The number of esters is 1. The monoisotopic (exact) mass is 412 g/mol. The third-order valence-electron chi connectivity index (χ3n) is 6.62. The molecule has 0 amide bonds. The van der Waals surface area contributed by atoms with Gasteiger partial charge in [-0.15, -0.1) is 0 Å². The molecule has 0 radical (unpaired) electrons. The second-order valence-electron chi connectivity index (χ2n) is 9.17. The normalized spacial score (nSPS) is 22.6. The van der Waals surface area contributed by atoms with Crippen molar-refractivity contribution in [2.24, 2.45) is 5.41 Å². The molecule has 1 saturated heterocycles. The summed E-state index contributed by atoms with van der Waals surface area (Å²) in [6.07, 6.45) is 4.73. The number of rotatable bonds is 5. The van der Waals surface area contributed by atoms with Crippen molar-refractivity contribution < 1.29 is 14.3 Å². The minimum absolute atomic E-state index is 0.0918. The molecule has 1 aromatic rings. The molecule has 0 spiro atoms. The van der Waals surface area contributed by atoms with Crippen LogP contribution >= 0.6 is 0 Å². The SMILES string of the molecule is CCN(c1cc(C#CC2(C)COC2)cc(C(=O)OC)c1C)[C@H]1CC[C@H](N(C)C)CC1. The average Bonchev–Trinajstić information content (AvgIpc) is 2.72. The van der Waals surface area contributed by atoms with Gasteiger partial charge < -0.3 is 19.3 Å². The Bertz CT molecular complexity index is 825. The second-order valence-corrected chi connectivity index (χ2v) is 9.17. The molecular formula is C25H36N2O3. The average molecular weight is 413 g/mol. The number of benzene rings is 1. The number of hydrogen-bond donors (Lipinski definition) is 0. The number of anilines is 1. The summed E-state index contributed by atoms with van der Waals surface area (Å²) in [6, 6.07) is 5.17. The molecule has 0 atom stereocenters. The number of methoxy groups -OCH3 is 1. The van der Waals surface area contributed by atoms with Crippen LogP contribution in [-0.2, 0) is 9.47 Å². The lowest BCUT2D eigenvalue weighted by atomic mass is 9.88. The van der Waals surface area contributed by atoms with Crippen molar-refractivity contribution in [3.05, 3.63) is 28.8 Å². The Balaban J connectivity index is 1.94. The maximum absolute atomic E-state index is 12.5. The van der Waals surface area contributed by atoms with Crippen LogP contribution < -0.4 is 4.90 Å². The first-order valence-electron chi connectivity index (χ1n) is 11.0. The summed E-state index contributed by atoms with van der Waals surface area (Å²) in [6.45, 7) is 8.56. The van der Waals surface area contributed by atoms with Crippen LogP contribution in [0.1, 0.15) is 61.0 Å². The topological polar surface area (TPSA) is 42.0 Å². The molecule has 1 aliphatic heterocycles. The van der Waals surface area contributed by atoms with Crippen LogP contribution in [-0.4, -0.2) is 63.9 Å². The van der Waals surface area contributed by atoms with Crippen LogP contribution in [0, 0.1) is 24.2 Å². The molecule has 30 heavy (non-hydrogen) atoms. The van der Waals surface area contributed by atoms with Crippen LogP contribution in [0.4, 0.5) is 5.69 Å². The first-order chi connectivity index (χ1) is 14.3. The Hall–Kier alpha value is -2.03. The lowest BCUT2D eigenvalue weighted by molar-refractivity contribution is -0.0648. The smallest absolute Gasteiger partial charge is 0.338 e. The Kier molecular flexibility index (Phi) is 7.10. The molecule has 1 aliphatic carbocycles. The molecule has 1 heterocycles. The lowest BCUT2D eigenvalue weighted by Gasteiger charge is -2.40. The molecule has 3 rings (SSSR count). The highest BCUT2D eigenvalue weighted by Crippen LogP contribution is 2.33. The predicted octanol–water partition coefficient (Wildman–Crippen LogP) is 3.87. The summed E-state index contributed by atoms with van der Waals surface area (Å²) in [4.78, 5) is 17.3. The lowest BCUT2D eigenvalue weighted by Crippen LogP contribution is -2.42. The second kappa shape index (κ2) is 9.41. The molecule has 2 fully saturated rings. The third kappa shape index (κ3) is 4.82. The summed E-state index contributed by atoms with van der Waals surface area (Å²) in [7, 11) is 5.78. The molecule has 0 bridgehead atoms. The van der Waals surface area contributed by atoms with Gasteiger partial charge in [-0.25, -0.2) is 4.79 Å². The number of nitrogens with zero attached hydrogens (tertiary/aromatic N) is 2. The molecule has 2 aliphatic rings. The fourth-order valence-electron chi connectivity index (χ4n) is 4.61. The van der Waals surface area contributed by atoms with Crippen LogP contribution in [0.2, 0.25) is 0 Å². The minimum Gasteiger partial charge on any atom is -0.465 e. The van der Waals surface area contributed by atoms with E-state index in [9.17, 15) is 4.79 Å². The van der Waals surface area contributed by atoms with Crippen LogP contribution in [0.25, 0.3) is 0 Å². The zero-order chi connectivity index (χ0) is 21.9. The van der Waals surface area contributed by atoms with E-state index in [0.29, 0.717) is 30.9 Å². The zero-order valence-electron chi connectivity index (χ0n) is 19.4. The first-order valence-corrected chi connectivity index (χ1v) is 11.0. The summed E-state index contributed by atoms with van der Waals surface area (Å²) < 4.78 is 10.4. The minimum atomic E-state index is -0.303. The van der Waals surface area contributed by atoms with E-state index in [4.69, 9.17) is 9.47 Å². The maximum atomic E-state index is 12.5. The standard InChI is InChI=1S/C25H36N2O3/c1-7-27(21-10-8-20(9-11-21)26(4)5)23-15-19(12-13-25(3)16-30-17-25)14-22(18(23)2)24(28)29-6/h14-15,20-21H,7-11,16-17H2,1-6H3/t20-,21-. The number of ether oxygens (including phenoxy) is 2. The first kappa shape index (κ1) is 22.7. The molecule has 1 saturated carbocycles. The van der Waals surface area contributed by atoms with E-state index >= 15 is 0 Å². The Labute approximate surface area is 181 Å². The van der Waals surface area contributed by atoms with Gasteiger partial charge in [-0.05, 0) is 78.2 Å². The molecule has 1 aromatic carbocycles. The maximum Gasteiger partial charge on any atom is 0.338 e. The quantitative estimate of drug-likeness (QED) is 0.543. The van der Waals surface area contributed by atoms with Gasteiger partial charge in [0, 0.05) is 29.9 Å². The van der Waals surface area contributed by atoms with E-state index in [-0.39, 0.29) is 11.4 Å². The van der Waals surface area contributed by atoms with Gasteiger partial charge in [0.25, 0.3) is 0 Å².